The van der Waals surface area contributed by atoms with E-state index in [1.807, 2.05) is 32.0 Å². The van der Waals surface area contributed by atoms with Crippen LogP contribution in [0.25, 0.3) is 0 Å². The van der Waals surface area contributed by atoms with E-state index in [0.717, 1.165) is 41.0 Å². The minimum Gasteiger partial charge on any atom is -0.459 e. The molecule has 0 atom stereocenters. The number of carbonyl (C=O) groups is 4. The Hall–Kier alpha value is -3.27. The van der Waals surface area contributed by atoms with E-state index in [2.05, 4.69) is 10.3 Å². The Labute approximate surface area is 208 Å². The van der Waals surface area contributed by atoms with Gasteiger partial charge in [-0.05, 0) is 43.9 Å². The number of aromatic nitrogens is 1. The third-order valence-corrected chi connectivity index (χ3v) is 7.61. The highest BCUT2D eigenvalue weighted by Crippen LogP contribution is 2.34. The molecule has 0 unspecified atom stereocenters. The predicted molar refractivity (Wildman–Crippen MR) is 131 cm³/mol. The predicted octanol–water partition coefficient (Wildman–Crippen LogP) is 4.13. The zero-order valence-electron chi connectivity index (χ0n) is 20.3. The topological polar surface area (TPSA) is 109 Å². The van der Waals surface area contributed by atoms with Crippen LogP contribution in [0.3, 0.4) is 0 Å². The van der Waals surface area contributed by atoms with Crippen LogP contribution in [0.5, 0.6) is 0 Å². The molecular weight excluding hydrogens is 468 g/mol. The van der Waals surface area contributed by atoms with Crippen LogP contribution < -0.4 is 10.2 Å². The summed E-state index contributed by atoms with van der Waals surface area (Å²) >= 11 is 1.29. The summed E-state index contributed by atoms with van der Waals surface area (Å²) in [5.74, 6) is -0.932. The van der Waals surface area contributed by atoms with Crippen LogP contribution in [0.1, 0.15) is 62.3 Å². The van der Waals surface area contributed by atoms with Gasteiger partial charge in [0, 0.05) is 18.8 Å². The monoisotopic (exact) mass is 498 g/mol. The number of ether oxygens (including phenoxy) is 1. The standard InChI is InChI=1S/C25H30N4O5S/c1-16-8-7-9-20(17(16)2)29(18(3)30)24-26-19(15-35-24)14-34-21(31)10-13-28-22(32)25(27-23(28)33)11-5-4-6-12-25/h7-9,15H,4-6,10-14H2,1-3H3,(H,27,33). The number of hydrogen-bond donors (Lipinski definition) is 1. The lowest BCUT2D eigenvalue weighted by Crippen LogP contribution is -2.48. The average Bonchev–Trinajstić information content (AvgIpc) is 3.37. The van der Waals surface area contributed by atoms with E-state index in [9.17, 15) is 19.2 Å². The molecule has 35 heavy (non-hydrogen) atoms. The molecular formula is C25H30N4O5S. The number of anilines is 2. The molecule has 0 radical (unpaired) electrons. The second-order valence-corrected chi connectivity index (χ2v) is 9.97. The molecule has 4 rings (SSSR count). The molecule has 2 aliphatic rings. The minimum absolute atomic E-state index is 0.0156. The molecule has 10 heteroatoms. The van der Waals surface area contributed by atoms with Crippen LogP contribution in [0.15, 0.2) is 23.6 Å². The summed E-state index contributed by atoms with van der Waals surface area (Å²) in [6, 6.07) is 5.31. The normalized spacial score (nSPS) is 16.9. The number of rotatable bonds is 7. The van der Waals surface area contributed by atoms with E-state index in [4.69, 9.17) is 4.74 Å². The Balaban J connectivity index is 1.33. The molecule has 4 amide bonds. The van der Waals surface area contributed by atoms with Crippen molar-refractivity contribution in [3.63, 3.8) is 0 Å². The molecule has 2 heterocycles. The van der Waals surface area contributed by atoms with Gasteiger partial charge in [0.05, 0.1) is 17.8 Å². The van der Waals surface area contributed by atoms with Crippen molar-refractivity contribution in [2.75, 3.05) is 11.4 Å². The van der Waals surface area contributed by atoms with Gasteiger partial charge in [-0.3, -0.25) is 24.2 Å². The summed E-state index contributed by atoms with van der Waals surface area (Å²) < 4.78 is 5.33. The molecule has 1 saturated heterocycles. The molecule has 186 valence electrons. The fraction of sp³-hybridized carbons (Fsp3) is 0.480. The van der Waals surface area contributed by atoms with Crippen LogP contribution in [0, 0.1) is 13.8 Å². The lowest BCUT2D eigenvalue weighted by molar-refractivity contribution is -0.145. The van der Waals surface area contributed by atoms with Gasteiger partial charge in [0.1, 0.15) is 12.1 Å². The summed E-state index contributed by atoms with van der Waals surface area (Å²) in [7, 11) is 0. The first-order valence-electron chi connectivity index (χ1n) is 11.8. The van der Waals surface area contributed by atoms with E-state index >= 15 is 0 Å². The van der Waals surface area contributed by atoms with Gasteiger partial charge in [0.2, 0.25) is 5.91 Å². The molecule has 1 spiro atoms. The van der Waals surface area contributed by atoms with Crippen molar-refractivity contribution in [2.24, 2.45) is 0 Å². The smallest absolute Gasteiger partial charge is 0.325 e. The number of imide groups is 1. The molecule has 1 aliphatic carbocycles. The number of carbonyl (C=O) groups excluding carboxylic acids is 4. The van der Waals surface area contributed by atoms with E-state index in [1.165, 1.54) is 18.3 Å². The zero-order valence-corrected chi connectivity index (χ0v) is 21.1. The molecule has 1 aromatic carbocycles. The fourth-order valence-corrected chi connectivity index (χ4v) is 5.52. The highest BCUT2D eigenvalue weighted by molar-refractivity contribution is 7.14. The maximum absolute atomic E-state index is 12.8. The first kappa shape index (κ1) is 24.8. The fourth-order valence-electron chi connectivity index (χ4n) is 4.65. The van der Waals surface area contributed by atoms with Crippen LogP contribution in [0.4, 0.5) is 15.6 Å². The summed E-state index contributed by atoms with van der Waals surface area (Å²) in [5, 5.41) is 5.08. The van der Waals surface area contributed by atoms with Gasteiger partial charge in [-0.25, -0.2) is 9.78 Å². The Kier molecular flexibility index (Phi) is 7.20. The number of nitrogens with one attached hydrogen (secondary N) is 1. The highest BCUT2D eigenvalue weighted by atomic mass is 32.1. The van der Waals surface area contributed by atoms with Gasteiger partial charge in [-0.2, -0.15) is 0 Å². The Bertz CT molecular complexity index is 1150. The van der Waals surface area contributed by atoms with Crippen LogP contribution in [-0.2, 0) is 25.7 Å². The maximum Gasteiger partial charge on any atom is 0.325 e. The van der Waals surface area contributed by atoms with Gasteiger partial charge in [-0.15, -0.1) is 11.3 Å². The van der Waals surface area contributed by atoms with Crippen molar-refractivity contribution in [3.05, 3.63) is 40.4 Å². The number of benzene rings is 1. The SMILES string of the molecule is CC(=O)N(c1nc(COC(=O)CCN2C(=O)NC3(CCCCC3)C2=O)cs1)c1cccc(C)c1C. The number of aryl methyl sites for hydroxylation is 1. The maximum atomic E-state index is 12.8. The first-order valence-corrected chi connectivity index (χ1v) is 12.7. The highest BCUT2D eigenvalue weighted by Gasteiger charge is 2.51. The van der Waals surface area contributed by atoms with Gasteiger partial charge in [0.25, 0.3) is 5.91 Å². The van der Waals surface area contributed by atoms with Crippen LogP contribution in [0.2, 0.25) is 0 Å². The van der Waals surface area contributed by atoms with Gasteiger partial charge in [0.15, 0.2) is 5.13 Å². The van der Waals surface area contributed by atoms with Crippen molar-refractivity contribution in [1.82, 2.24) is 15.2 Å². The summed E-state index contributed by atoms with van der Waals surface area (Å²) in [6.45, 7) is 5.35. The number of urea groups is 1. The molecule has 1 aromatic heterocycles. The van der Waals surface area contributed by atoms with Gasteiger partial charge < -0.3 is 10.1 Å². The largest absolute Gasteiger partial charge is 0.459 e. The summed E-state index contributed by atoms with van der Waals surface area (Å²) in [5.41, 5.74) is 2.54. The molecule has 0 bridgehead atoms. The molecule has 2 aromatic rings. The number of hydrogen-bond acceptors (Lipinski definition) is 7. The molecule has 2 fully saturated rings. The number of nitrogens with zero attached hydrogens (tertiary/aromatic N) is 3. The van der Waals surface area contributed by atoms with E-state index < -0.39 is 17.5 Å². The quantitative estimate of drug-likeness (QED) is 0.454. The Morgan fingerprint density at radius 2 is 1.94 bits per heavy atom. The summed E-state index contributed by atoms with van der Waals surface area (Å²) in [6.07, 6.45) is 4.07. The van der Waals surface area contributed by atoms with Crippen molar-refractivity contribution in [1.29, 1.82) is 0 Å². The Morgan fingerprint density at radius 1 is 1.20 bits per heavy atom. The molecule has 1 saturated carbocycles. The Morgan fingerprint density at radius 3 is 2.66 bits per heavy atom. The lowest BCUT2D eigenvalue weighted by atomic mass is 9.82. The second kappa shape index (κ2) is 10.2. The number of amides is 4. The summed E-state index contributed by atoms with van der Waals surface area (Å²) in [4.78, 5) is 57.0. The van der Waals surface area contributed by atoms with Crippen molar-refractivity contribution < 1.29 is 23.9 Å². The van der Waals surface area contributed by atoms with Gasteiger partial charge >= 0.3 is 12.0 Å². The number of thiazole rings is 1. The van der Waals surface area contributed by atoms with Crippen LogP contribution >= 0.6 is 11.3 Å². The van der Waals surface area contributed by atoms with Crippen molar-refractivity contribution in [2.45, 2.75) is 71.4 Å². The first-order chi connectivity index (χ1) is 16.7. The zero-order chi connectivity index (χ0) is 25.2. The van der Waals surface area contributed by atoms with Gasteiger partial charge in [-0.1, -0.05) is 31.4 Å². The van der Waals surface area contributed by atoms with Crippen molar-refractivity contribution in [3.8, 4) is 0 Å². The van der Waals surface area contributed by atoms with Crippen molar-refractivity contribution >= 4 is 46.0 Å². The van der Waals surface area contributed by atoms with E-state index in [1.54, 1.807) is 10.3 Å². The molecule has 9 nitrogen and oxygen atoms in total. The van der Waals surface area contributed by atoms with Crippen LogP contribution in [-0.4, -0.2) is 45.8 Å². The van der Waals surface area contributed by atoms with E-state index in [-0.39, 0.29) is 31.4 Å². The third-order valence-electron chi connectivity index (χ3n) is 6.74. The average molecular weight is 499 g/mol. The molecule has 1 aliphatic heterocycles. The second-order valence-electron chi connectivity index (χ2n) is 9.14. The lowest BCUT2D eigenvalue weighted by Gasteiger charge is -2.30. The number of esters is 1. The molecule has 1 N–H and O–H groups in total. The third kappa shape index (κ3) is 5.07. The van der Waals surface area contributed by atoms with E-state index in [0.29, 0.717) is 23.7 Å². The minimum atomic E-state index is -0.797.